The van der Waals surface area contributed by atoms with Crippen LogP contribution in [-0.2, 0) is 0 Å². The van der Waals surface area contributed by atoms with Crippen molar-refractivity contribution in [2.75, 3.05) is 14.1 Å². The summed E-state index contributed by atoms with van der Waals surface area (Å²) in [4.78, 5) is 12.8. The van der Waals surface area contributed by atoms with Crippen molar-refractivity contribution >= 4 is 21.8 Å². The minimum absolute atomic E-state index is 0.151. The highest BCUT2D eigenvalue weighted by molar-refractivity contribution is 9.10. The molecule has 0 N–H and O–H groups in total. The maximum Gasteiger partial charge on any atom is 0.573 e. The van der Waals surface area contributed by atoms with Crippen LogP contribution in [0.15, 0.2) is 22.7 Å². The monoisotopic (exact) mass is 311 g/mol. The minimum atomic E-state index is -4.82. The summed E-state index contributed by atoms with van der Waals surface area (Å²) in [5.41, 5.74) is -0.151. The van der Waals surface area contributed by atoms with Crippen molar-refractivity contribution in [3.8, 4) is 5.75 Å². The molecule has 1 aromatic rings. The van der Waals surface area contributed by atoms with Gasteiger partial charge in [-0.2, -0.15) is 0 Å². The minimum Gasteiger partial charge on any atom is -0.405 e. The molecular weight excluding hydrogens is 303 g/mol. The summed E-state index contributed by atoms with van der Waals surface area (Å²) in [5.74, 6) is -1.08. The van der Waals surface area contributed by atoms with Gasteiger partial charge >= 0.3 is 6.36 Å². The van der Waals surface area contributed by atoms with Gasteiger partial charge < -0.3 is 9.64 Å². The maximum absolute atomic E-state index is 12.1. The standard InChI is InChI=1S/C10H9BrF3NO2/c1-15(2)9(16)7-5-6(11)3-4-8(7)17-10(12,13)14/h3-5H,1-2H3. The molecule has 1 rings (SSSR count). The fourth-order valence-corrected chi connectivity index (χ4v) is 1.49. The fraction of sp³-hybridized carbons (Fsp3) is 0.300. The largest absolute Gasteiger partial charge is 0.573 e. The number of benzene rings is 1. The molecule has 0 saturated heterocycles. The summed E-state index contributed by atoms with van der Waals surface area (Å²) in [6.07, 6.45) is -4.82. The Morgan fingerprint density at radius 2 is 1.94 bits per heavy atom. The molecule has 0 aromatic heterocycles. The molecule has 7 heteroatoms. The third-order valence-electron chi connectivity index (χ3n) is 1.80. The number of hydrogen-bond donors (Lipinski definition) is 0. The lowest BCUT2D eigenvalue weighted by Crippen LogP contribution is -2.25. The molecule has 1 aromatic carbocycles. The van der Waals surface area contributed by atoms with Gasteiger partial charge in [0.15, 0.2) is 0 Å². The second-order valence-electron chi connectivity index (χ2n) is 3.39. The number of nitrogens with zero attached hydrogens (tertiary/aromatic N) is 1. The van der Waals surface area contributed by atoms with Gasteiger partial charge in [-0.15, -0.1) is 13.2 Å². The quantitative estimate of drug-likeness (QED) is 0.840. The van der Waals surface area contributed by atoms with Crippen LogP contribution in [0.1, 0.15) is 10.4 Å². The van der Waals surface area contributed by atoms with E-state index in [-0.39, 0.29) is 5.56 Å². The number of carbonyl (C=O) groups excluding carboxylic acids is 1. The number of carbonyl (C=O) groups is 1. The Balaban J connectivity index is 3.17. The lowest BCUT2D eigenvalue weighted by molar-refractivity contribution is -0.274. The Morgan fingerprint density at radius 3 is 2.41 bits per heavy atom. The number of hydrogen-bond acceptors (Lipinski definition) is 2. The van der Waals surface area contributed by atoms with E-state index in [0.29, 0.717) is 4.47 Å². The van der Waals surface area contributed by atoms with E-state index >= 15 is 0 Å². The summed E-state index contributed by atoms with van der Waals surface area (Å²) in [6.45, 7) is 0. The second-order valence-corrected chi connectivity index (χ2v) is 4.30. The maximum atomic E-state index is 12.1. The first kappa shape index (κ1) is 13.8. The predicted octanol–water partition coefficient (Wildman–Crippen LogP) is 3.05. The van der Waals surface area contributed by atoms with E-state index in [1.165, 1.54) is 31.1 Å². The lowest BCUT2D eigenvalue weighted by Gasteiger charge is -2.16. The number of ether oxygens (including phenoxy) is 1. The Morgan fingerprint density at radius 1 is 1.35 bits per heavy atom. The Kier molecular flexibility index (Phi) is 4.03. The van der Waals surface area contributed by atoms with Crippen LogP contribution in [0.4, 0.5) is 13.2 Å². The lowest BCUT2D eigenvalue weighted by atomic mass is 10.2. The van der Waals surface area contributed by atoms with Crippen LogP contribution in [0, 0.1) is 0 Å². The van der Waals surface area contributed by atoms with Gasteiger partial charge in [-0.25, -0.2) is 0 Å². The fourth-order valence-electron chi connectivity index (χ4n) is 1.12. The van der Waals surface area contributed by atoms with E-state index < -0.39 is 18.0 Å². The molecule has 0 fully saturated rings. The van der Waals surface area contributed by atoms with E-state index in [1.807, 2.05) is 0 Å². The van der Waals surface area contributed by atoms with Crippen molar-refractivity contribution in [3.63, 3.8) is 0 Å². The Labute approximate surface area is 104 Å². The van der Waals surface area contributed by atoms with Gasteiger partial charge in [0, 0.05) is 18.6 Å². The highest BCUT2D eigenvalue weighted by Crippen LogP contribution is 2.29. The van der Waals surface area contributed by atoms with E-state index in [2.05, 4.69) is 20.7 Å². The molecule has 0 saturated carbocycles. The number of rotatable bonds is 2. The first-order valence-corrected chi connectivity index (χ1v) is 5.27. The van der Waals surface area contributed by atoms with E-state index in [1.54, 1.807) is 0 Å². The summed E-state index contributed by atoms with van der Waals surface area (Å²) in [6, 6.07) is 3.74. The van der Waals surface area contributed by atoms with Crippen LogP contribution >= 0.6 is 15.9 Å². The Hall–Kier alpha value is -1.24. The van der Waals surface area contributed by atoms with Crippen molar-refractivity contribution in [1.29, 1.82) is 0 Å². The number of halogens is 4. The van der Waals surface area contributed by atoms with Crippen LogP contribution in [0.2, 0.25) is 0 Å². The van der Waals surface area contributed by atoms with Crippen LogP contribution in [0.3, 0.4) is 0 Å². The highest BCUT2D eigenvalue weighted by atomic mass is 79.9. The van der Waals surface area contributed by atoms with E-state index in [4.69, 9.17) is 0 Å². The van der Waals surface area contributed by atoms with Gasteiger partial charge in [0.05, 0.1) is 5.56 Å². The zero-order valence-electron chi connectivity index (χ0n) is 9.01. The van der Waals surface area contributed by atoms with Gasteiger partial charge in [0.2, 0.25) is 0 Å². The highest BCUT2D eigenvalue weighted by Gasteiger charge is 2.33. The molecule has 0 spiro atoms. The zero-order valence-corrected chi connectivity index (χ0v) is 10.6. The normalized spacial score (nSPS) is 11.2. The Bertz CT molecular complexity index is 432. The van der Waals surface area contributed by atoms with Crippen molar-refractivity contribution < 1.29 is 22.7 Å². The molecule has 0 bridgehead atoms. The van der Waals surface area contributed by atoms with Crippen LogP contribution in [0.25, 0.3) is 0 Å². The molecule has 1 amide bonds. The van der Waals surface area contributed by atoms with Gasteiger partial charge in [0.1, 0.15) is 5.75 Å². The molecular formula is C10H9BrF3NO2. The van der Waals surface area contributed by atoms with Gasteiger partial charge in [0.25, 0.3) is 5.91 Å². The molecule has 3 nitrogen and oxygen atoms in total. The average molecular weight is 312 g/mol. The average Bonchev–Trinajstić information content (AvgIpc) is 2.17. The van der Waals surface area contributed by atoms with Crippen molar-refractivity contribution in [1.82, 2.24) is 4.90 Å². The summed E-state index contributed by atoms with van der Waals surface area (Å²) in [5, 5.41) is 0. The van der Waals surface area contributed by atoms with E-state index in [9.17, 15) is 18.0 Å². The first-order valence-electron chi connectivity index (χ1n) is 4.47. The third-order valence-corrected chi connectivity index (χ3v) is 2.30. The summed E-state index contributed by atoms with van der Waals surface area (Å²) < 4.78 is 40.7. The van der Waals surface area contributed by atoms with Crippen LogP contribution < -0.4 is 4.74 Å². The summed E-state index contributed by atoms with van der Waals surface area (Å²) in [7, 11) is 2.89. The predicted molar refractivity (Wildman–Crippen MR) is 58.8 cm³/mol. The molecule has 0 aliphatic rings. The van der Waals surface area contributed by atoms with Gasteiger partial charge in [-0.05, 0) is 18.2 Å². The van der Waals surface area contributed by atoms with Crippen molar-refractivity contribution in [3.05, 3.63) is 28.2 Å². The SMILES string of the molecule is CN(C)C(=O)c1cc(Br)ccc1OC(F)(F)F. The van der Waals surface area contributed by atoms with Crippen LogP contribution in [-0.4, -0.2) is 31.3 Å². The molecule has 0 aliphatic heterocycles. The molecule has 17 heavy (non-hydrogen) atoms. The smallest absolute Gasteiger partial charge is 0.405 e. The third kappa shape index (κ3) is 3.92. The zero-order chi connectivity index (χ0) is 13.2. The number of alkyl halides is 3. The molecule has 0 radical (unpaired) electrons. The van der Waals surface area contributed by atoms with Gasteiger partial charge in [-0.1, -0.05) is 15.9 Å². The second kappa shape index (κ2) is 4.95. The molecule has 0 heterocycles. The van der Waals surface area contributed by atoms with Crippen molar-refractivity contribution in [2.24, 2.45) is 0 Å². The molecule has 0 aliphatic carbocycles. The van der Waals surface area contributed by atoms with Crippen LogP contribution in [0.5, 0.6) is 5.75 Å². The van der Waals surface area contributed by atoms with Gasteiger partial charge in [-0.3, -0.25) is 4.79 Å². The van der Waals surface area contributed by atoms with E-state index in [0.717, 1.165) is 6.07 Å². The molecule has 0 atom stereocenters. The first-order chi connectivity index (χ1) is 7.70. The summed E-state index contributed by atoms with van der Waals surface area (Å²) >= 11 is 3.09. The number of amides is 1. The molecule has 94 valence electrons. The molecule has 0 unspecified atom stereocenters. The van der Waals surface area contributed by atoms with Crippen molar-refractivity contribution in [2.45, 2.75) is 6.36 Å². The topological polar surface area (TPSA) is 29.5 Å².